The van der Waals surface area contributed by atoms with Crippen molar-refractivity contribution in [2.45, 2.75) is 13.5 Å². The molecule has 4 rings (SSSR count). The van der Waals surface area contributed by atoms with E-state index in [1.807, 2.05) is 12.3 Å². The van der Waals surface area contributed by atoms with Crippen LogP contribution in [-0.2, 0) is 6.61 Å². The maximum Gasteiger partial charge on any atom is 0.290 e. The molecule has 4 aromatic rings. The number of rotatable bonds is 5. The van der Waals surface area contributed by atoms with Crippen LogP contribution in [0.15, 0.2) is 58.7 Å². The van der Waals surface area contributed by atoms with Crippen LogP contribution < -0.4 is 21.1 Å². The lowest BCUT2D eigenvalue weighted by Gasteiger charge is -2.09. The highest BCUT2D eigenvalue weighted by Crippen LogP contribution is 2.16. The first-order valence-corrected chi connectivity index (χ1v) is 10.1. The quantitative estimate of drug-likeness (QED) is 0.413. The van der Waals surface area contributed by atoms with Gasteiger partial charge in [0.1, 0.15) is 12.4 Å². The number of thiazole rings is 1. The molecule has 0 spiro atoms. The number of hydrazine groups is 1. The molecule has 0 saturated carbocycles. The highest BCUT2D eigenvalue weighted by Gasteiger charge is 2.15. The fraction of sp³-hybridized carbons (Fsp3) is 0.0952. The van der Waals surface area contributed by atoms with E-state index < -0.39 is 17.4 Å². The predicted octanol–water partition coefficient (Wildman–Crippen LogP) is 2.34. The minimum Gasteiger partial charge on any atom is -0.487 e. The van der Waals surface area contributed by atoms with Gasteiger partial charge in [-0.3, -0.25) is 25.2 Å². The summed E-state index contributed by atoms with van der Waals surface area (Å²) in [6, 6.07) is 13.1. The molecule has 2 heterocycles. The van der Waals surface area contributed by atoms with Crippen LogP contribution in [0.5, 0.6) is 5.75 Å². The summed E-state index contributed by atoms with van der Waals surface area (Å²) in [6.07, 6.45) is 0. The Hall–Kier alpha value is -4.05. The number of aromatic amines is 1. The SMILES string of the molecule is Cc1nc(COc2ccc(C(=O)NNC(=O)c3n[nH]c(=O)c4ccccc34)cc2)cs1. The number of fused-ring (bicyclic) bond motifs is 1. The van der Waals surface area contributed by atoms with Gasteiger partial charge in [0, 0.05) is 16.3 Å². The average molecular weight is 435 g/mol. The number of carbonyl (C=O) groups excluding carboxylic acids is 2. The highest BCUT2D eigenvalue weighted by atomic mass is 32.1. The first-order chi connectivity index (χ1) is 15.0. The number of carbonyl (C=O) groups is 2. The molecule has 0 fully saturated rings. The molecule has 0 atom stereocenters. The van der Waals surface area contributed by atoms with Gasteiger partial charge in [-0.2, -0.15) is 5.10 Å². The van der Waals surface area contributed by atoms with Crippen LogP contribution in [0.1, 0.15) is 31.5 Å². The zero-order valence-corrected chi connectivity index (χ0v) is 17.2. The van der Waals surface area contributed by atoms with Crippen LogP contribution in [0.3, 0.4) is 0 Å². The molecule has 2 aromatic heterocycles. The molecule has 9 nitrogen and oxygen atoms in total. The number of benzene rings is 2. The number of aryl methyl sites for hydroxylation is 1. The normalized spacial score (nSPS) is 10.6. The molecule has 0 aliphatic heterocycles. The van der Waals surface area contributed by atoms with Crippen molar-refractivity contribution in [1.29, 1.82) is 0 Å². The van der Waals surface area contributed by atoms with E-state index >= 15 is 0 Å². The Morgan fingerprint density at radius 1 is 1.03 bits per heavy atom. The molecule has 0 unspecified atom stereocenters. The minimum atomic E-state index is -0.653. The van der Waals surface area contributed by atoms with Crippen molar-refractivity contribution < 1.29 is 14.3 Å². The molecule has 3 N–H and O–H groups in total. The van der Waals surface area contributed by atoms with E-state index in [1.165, 1.54) is 0 Å². The molecule has 0 saturated heterocycles. The number of aromatic nitrogens is 3. The van der Waals surface area contributed by atoms with Gasteiger partial charge < -0.3 is 4.74 Å². The Morgan fingerprint density at radius 3 is 2.45 bits per heavy atom. The molecule has 0 bridgehead atoms. The molecular weight excluding hydrogens is 418 g/mol. The largest absolute Gasteiger partial charge is 0.487 e. The van der Waals surface area contributed by atoms with Crippen molar-refractivity contribution in [2.24, 2.45) is 0 Å². The zero-order chi connectivity index (χ0) is 21.8. The topological polar surface area (TPSA) is 126 Å². The monoisotopic (exact) mass is 435 g/mol. The summed E-state index contributed by atoms with van der Waals surface area (Å²) in [7, 11) is 0. The summed E-state index contributed by atoms with van der Waals surface area (Å²) in [5, 5.41) is 9.69. The van der Waals surface area contributed by atoms with Crippen molar-refractivity contribution in [1.82, 2.24) is 26.0 Å². The smallest absolute Gasteiger partial charge is 0.290 e. The first-order valence-electron chi connectivity index (χ1n) is 9.23. The Balaban J connectivity index is 1.37. The van der Waals surface area contributed by atoms with Gasteiger partial charge in [-0.15, -0.1) is 11.3 Å². The number of hydrogen-bond acceptors (Lipinski definition) is 7. The number of ether oxygens (including phenoxy) is 1. The Kier molecular flexibility index (Phi) is 5.72. The molecule has 156 valence electrons. The van der Waals surface area contributed by atoms with Gasteiger partial charge in [-0.25, -0.2) is 10.1 Å². The lowest BCUT2D eigenvalue weighted by Crippen LogP contribution is -2.42. The van der Waals surface area contributed by atoms with E-state index in [1.54, 1.807) is 59.9 Å². The molecule has 0 radical (unpaired) electrons. The van der Waals surface area contributed by atoms with E-state index in [-0.39, 0.29) is 5.69 Å². The molecule has 0 aliphatic carbocycles. The summed E-state index contributed by atoms with van der Waals surface area (Å²) < 4.78 is 5.65. The Bertz CT molecular complexity index is 1310. The number of nitrogens with one attached hydrogen (secondary N) is 3. The molecule has 0 aliphatic rings. The van der Waals surface area contributed by atoms with Gasteiger partial charge in [0.05, 0.1) is 16.1 Å². The van der Waals surface area contributed by atoms with Gasteiger partial charge in [0.25, 0.3) is 17.4 Å². The number of nitrogens with zero attached hydrogens (tertiary/aromatic N) is 2. The third kappa shape index (κ3) is 4.59. The van der Waals surface area contributed by atoms with Gasteiger partial charge in [0.15, 0.2) is 5.69 Å². The van der Waals surface area contributed by atoms with E-state index in [0.717, 1.165) is 10.7 Å². The third-order valence-electron chi connectivity index (χ3n) is 4.37. The fourth-order valence-corrected chi connectivity index (χ4v) is 3.46. The van der Waals surface area contributed by atoms with E-state index in [0.29, 0.717) is 28.7 Å². The summed E-state index contributed by atoms with van der Waals surface area (Å²) >= 11 is 1.55. The Labute approximate surface area is 180 Å². The second kappa shape index (κ2) is 8.76. The van der Waals surface area contributed by atoms with Gasteiger partial charge in [0.2, 0.25) is 0 Å². The Morgan fingerprint density at radius 2 is 1.74 bits per heavy atom. The molecule has 31 heavy (non-hydrogen) atoms. The van der Waals surface area contributed by atoms with Crippen LogP contribution in [-0.4, -0.2) is 27.0 Å². The number of amides is 2. The lowest BCUT2D eigenvalue weighted by molar-refractivity contribution is 0.0844. The molecule has 2 amide bonds. The number of H-pyrrole nitrogens is 1. The van der Waals surface area contributed by atoms with Gasteiger partial charge in [-0.05, 0) is 37.3 Å². The van der Waals surface area contributed by atoms with E-state index in [4.69, 9.17) is 4.74 Å². The summed E-state index contributed by atoms with van der Waals surface area (Å²) in [5.74, 6) is -0.571. The van der Waals surface area contributed by atoms with Crippen molar-refractivity contribution in [3.8, 4) is 5.75 Å². The van der Waals surface area contributed by atoms with Crippen molar-refractivity contribution in [3.05, 3.63) is 86.2 Å². The maximum absolute atomic E-state index is 12.4. The zero-order valence-electron chi connectivity index (χ0n) is 16.3. The molecular formula is C21H17N5O4S. The highest BCUT2D eigenvalue weighted by molar-refractivity contribution is 7.09. The van der Waals surface area contributed by atoms with Crippen molar-refractivity contribution >= 4 is 33.9 Å². The average Bonchev–Trinajstić information content (AvgIpc) is 3.21. The summed E-state index contributed by atoms with van der Waals surface area (Å²) in [5.41, 5.74) is 5.42. The number of hydrogen-bond donors (Lipinski definition) is 3. The van der Waals surface area contributed by atoms with E-state index in [9.17, 15) is 14.4 Å². The van der Waals surface area contributed by atoms with Crippen LogP contribution in [0, 0.1) is 6.92 Å². The van der Waals surface area contributed by atoms with Crippen molar-refractivity contribution in [2.75, 3.05) is 0 Å². The lowest BCUT2D eigenvalue weighted by atomic mass is 10.1. The molecule has 10 heteroatoms. The van der Waals surface area contributed by atoms with Crippen LogP contribution >= 0.6 is 11.3 Å². The maximum atomic E-state index is 12.4. The standard InChI is InChI=1S/C21H17N5O4S/c1-12-22-14(11-31-12)10-30-15-8-6-13(7-9-15)19(27)24-26-21(29)18-16-4-2-3-5-17(16)20(28)25-23-18/h2-9,11H,10H2,1H3,(H,24,27)(H,25,28)(H,26,29). The second-order valence-corrected chi connectivity index (χ2v) is 7.59. The van der Waals surface area contributed by atoms with Crippen LogP contribution in [0.25, 0.3) is 10.8 Å². The first kappa shape index (κ1) is 20.2. The minimum absolute atomic E-state index is 0.00322. The van der Waals surface area contributed by atoms with Gasteiger partial charge >= 0.3 is 0 Å². The van der Waals surface area contributed by atoms with Gasteiger partial charge in [-0.1, -0.05) is 18.2 Å². The summed E-state index contributed by atoms with van der Waals surface area (Å²) in [6.45, 7) is 2.27. The van der Waals surface area contributed by atoms with Crippen LogP contribution in [0.4, 0.5) is 0 Å². The van der Waals surface area contributed by atoms with Crippen molar-refractivity contribution in [3.63, 3.8) is 0 Å². The van der Waals surface area contributed by atoms with E-state index in [2.05, 4.69) is 26.0 Å². The van der Waals surface area contributed by atoms with Crippen LogP contribution in [0.2, 0.25) is 0 Å². The second-order valence-electron chi connectivity index (χ2n) is 6.53. The fourth-order valence-electron chi connectivity index (χ4n) is 2.87. The third-order valence-corrected chi connectivity index (χ3v) is 5.19. The molecule has 2 aromatic carbocycles. The predicted molar refractivity (Wildman–Crippen MR) is 115 cm³/mol. The summed E-state index contributed by atoms with van der Waals surface area (Å²) in [4.78, 5) is 40.9.